The Labute approximate surface area is 364 Å². The van der Waals surface area contributed by atoms with Gasteiger partial charge in [0, 0.05) is 33.9 Å². The molecule has 0 bridgehead atoms. The molecule has 0 aliphatic heterocycles. The van der Waals surface area contributed by atoms with Gasteiger partial charge >= 0.3 is 0 Å². The molecule has 0 fully saturated rings. The molecule has 0 N–H and O–H groups in total. The zero-order chi connectivity index (χ0) is 41.5. The molecule has 0 aliphatic carbocycles. The Balaban J connectivity index is 1.02. The van der Waals surface area contributed by atoms with Gasteiger partial charge in [0.15, 0.2) is 0 Å². The van der Waals surface area contributed by atoms with Gasteiger partial charge in [-0.3, -0.25) is 0 Å². The molecule has 0 radical (unpaired) electrons. The molecular formula is C60H42N2. The van der Waals surface area contributed by atoms with Gasteiger partial charge in [-0.1, -0.05) is 188 Å². The number of hydrogen-bond acceptors (Lipinski definition) is 2. The van der Waals surface area contributed by atoms with E-state index in [-0.39, 0.29) is 0 Å². The summed E-state index contributed by atoms with van der Waals surface area (Å²) in [4.78, 5) is 4.64. The van der Waals surface area contributed by atoms with Crippen molar-refractivity contribution in [3.8, 4) is 55.6 Å². The molecule has 10 rings (SSSR count). The number of anilines is 6. The lowest BCUT2D eigenvalue weighted by Gasteiger charge is -2.28. The average Bonchev–Trinajstić information content (AvgIpc) is 3.36. The van der Waals surface area contributed by atoms with E-state index in [0.29, 0.717) is 0 Å². The maximum Gasteiger partial charge on any atom is 0.105 e. The van der Waals surface area contributed by atoms with Crippen molar-refractivity contribution in [2.75, 3.05) is 9.80 Å². The predicted molar refractivity (Wildman–Crippen MR) is 261 cm³/mol. The first kappa shape index (κ1) is 37.9. The summed E-state index contributed by atoms with van der Waals surface area (Å²) < 4.78 is 0. The van der Waals surface area contributed by atoms with Gasteiger partial charge in [-0.05, 0) is 123 Å². The van der Waals surface area contributed by atoms with E-state index in [4.69, 9.17) is 0 Å². The van der Waals surface area contributed by atoms with E-state index in [1.54, 1.807) is 0 Å². The lowest BCUT2D eigenvalue weighted by atomic mass is 9.96. The minimum Gasteiger partial charge on any atom is -0.310 e. The van der Waals surface area contributed by atoms with Gasteiger partial charge < -0.3 is 9.80 Å². The number of benzene rings is 9. The molecule has 10 aromatic carbocycles. The summed E-state index contributed by atoms with van der Waals surface area (Å²) in [5.41, 5.74) is 17.8. The predicted octanol–water partition coefficient (Wildman–Crippen LogP) is 16.6. The summed E-state index contributed by atoms with van der Waals surface area (Å²) in [5, 5.41) is 0. The second-order valence-corrected chi connectivity index (χ2v) is 15.2. The Kier molecular flexibility index (Phi) is 10.7. The van der Waals surface area contributed by atoms with Crippen LogP contribution in [0.3, 0.4) is 0 Å². The van der Waals surface area contributed by atoms with Crippen molar-refractivity contribution in [3.63, 3.8) is 0 Å². The summed E-state index contributed by atoms with van der Waals surface area (Å²) >= 11 is 0. The van der Waals surface area contributed by atoms with Gasteiger partial charge in [-0.25, -0.2) is 0 Å². The van der Waals surface area contributed by atoms with Crippen molar-refractivity contribution in [2.24, 2.45) is 0 Å². The fourth-order valence-corrected chi connectivity index (χ4v) is 8.29. The standard InChI is InChI=1S/C60H42N2/c1-5-19-45(20-6-1)47-39-41-55(42-40-47)61(53-26-9-3-10-27-53)59-33-15-13-31-57(59)48-35-37-49(38-36-48)58-32-14-16-34-60(58)62(54-28-11-4-12-29-54)56-30-18-25-52(44-56)51-24-17-23-50(43-51)46-21-7-2-8-22-46/h1-14,16-32,34-44H. The number of para-hydroxylation sites is 3. The zero-order valence-electron chi connectivity index (χ0n) is 34.1. The Morgan fingerprint density at radius 1 is 0.258 bits per heavy atom. The summed E-state index contributed by atoms with van der Waals surface area (Å²) in [6.07, 6.45) is 0. The largest absolute Gasteiger partial charge is 0.310 e. The molecule has 0 heterocycles. The summed E-state index contributed by atoms with van der Waals surface area (Å²) in [6.45, 7) is 0. The lowest BCUT2D eigenvalue weighted by molar-refractivity contribution is 1.28. The highest BCUT2D eigenvalue weighted by molar-refractivity contribution is 5.91. The van der Waals surface area contributed by atoms with Gasteiger partial charge in [-0.15, -0.1) is 0 Å². The third kappa shape index (κ3) is 7.87. The van der Waals surface area contributed by atoms with Crippen molar-refractivity contribution < 1.29 is 0 Å². The van der Waals surface area contributed by atoms with E-state index in [9.17, 15) is 0 Å². The molecule has 2 nitrogen and oxygen atoms in total. The Hall–Kier alpha value is -8.38. The van der Waals surface area contributed by atoms with Crippen LogP contribution in [0.1, 0.15) is 0 Å². The maximum absolute atomic E-state index is 3.51. The quantitative estimate of drug-likeness (QED) is 0.129. The second-order valence-electron chi connectivity index (χ2n) is 15.2. The van der Waals surface area contributed by atoms with Crippen molar-refractivity contribution in [1.29, 1.82) is 0 Å². The van der Waals surface area contributed by atoms with Crippen LogP contribution in [0.25, 0.3) is 55.6 Å². The highest BCUT2D eigenvalue weighted by atomic mass is 15.1. The van der Waals surface area contributed by atoms with Crippen LogP contribution < -0.4 is 9.80 Å². The summed E-state index contributed by atoms with van der Waals surface area (Å²) in [7, 11) is 0. The third-order valence-electron chi connectivity index (χ3n) is 11.3. The van der Waals surface area contributed by atoms with Gasteiger partial charge in [0.1, 0.15) is 5.69 Å². The van der Waals surface area contributed by atoms with E-state index in [2.05, 4.69) is 271 Å². The molecule has 2 heteroatoms. The normalized spacial score (nSPS) is 10.8. The maximum atomic E-state index is 3.51. The van der Waals surface area contributed by atoms with Crippen molar-refractivity contribution in [1.82, 2.24) is 0 Å². The van der Waals surface area contributed by atoms with Crippen LogP contribution in [-0.4, -0.2) is 0 Å². The first-order valence-electron chi connectivity index (χ1n) is 21.0. The number of rotatable bonds is 11. The van der Waals surface area contributed by atoms with Gasteiger partial charge in [0.25, 0.3) is 0 Å². The van der Waals surface area contributed by atoms with Crippen LogP contribution in [0.15, 0.2) is 255 Å². The average molecular weight is 791 g/mol. The molecule has 62 heavy (non-hydrogen) atoms. The van der Waals surface area contributed by atoms with E-state index in [0.717, 1.165) is 61.9 Å². The van der Waals surface area contributed by atoms with Crippen molar-refractivity contribution in [2.45, 2.75) is 0 Å². The molecule has 0 unspecified atom stereocenters. The molecule has 0 aliphatic rings. The third-order valence-corrected chi connectivity index (χ3v) is 11.3. The monoisotopic (exact) mass is 790 g/mol. The number of hydrogen-bond donors (Lipinski definition) is 0. The highest BCUT2D eigenvalue weighted by Crippen LogP contribution is 2.44. The molecule has 0 saturated carbocycles. The van der Waals surface area contributed by atoms with Crippen LogP contribution in [0.5, 0.6) is 0 Å². The van der Waals surface area contributed by atoms with Crippen LogP contribution in [0.2, 0.25) is 0 Å². The van der Waals surface area contributed by atoms with Gasteiger partial charge in [0.2, 0.25) is 0 Å². The van der Waals surface area contributed by atoms with E-state index in [1.165, 1.54) is 27.8 Å². The molecule has 0 saturated heterocycles. The lowest BCUT2D eigenvalue weighted by Crippen LogP contribution is -2.11. The Bertz CT molecular complexity index is 3030. The van der Waals surface area contributed by atoms with Gasteiger partial charge in [-0.2, -0.15) is 0 Å². The first-order valence-corrected chi connectivity index (χ1v) is 21.0. The molecule has 0 atom stereocenters. The zero-order valence-corrected chi connectivity index (χ0v) is 34.1. The molecule has 0 amide bonds. The van der Waals surface area contributed by atoms with Crippen molar-refractivity contribution in [3.05, 3.63) is 267 Å². The van der Waals surface area contributed by atoms with E-state index >= 15 is 0 Å². The minimum absolute atomic E-state index is 0.934. The summed E-state index contributed by atoms with van der Waals surface area (Å²) in [6, 6.07) is 97.2. The smallest absolute Gasteiger partial charge is 0.105 e. The SMILES string of the molecule is c1ccc(-c2ccc(-c3ccccc3N(c3ccccc3)c3cccc(-c4cccc(-c5ccccc5)c4)c3)cc2)c(N(c2ccccc2)c2ccc(-c3ccccc3)cc2)c#1. The molecule has 292 valence electrons. The van der Waals surface area contributed by atoms with E-state index < -0.39 is 0 Å². The van der Waals surface area contributed by atoms with Crippen molar-refractivity contribution >= 4 is 34.1 Å². The van der Waals surface area contributed by atoms with Gasteiger partial charge in [0.05, 0.1) is 5.69 Å². The van der Waals surface area contributed by atoms with Crippen LogP contribution in [-0.2, 0) is 0 Å². The van der Waals surface area contributed by atoms with Crippen LogP contribution in [0.4, 0.5) is 34.1 Å². The van der Waals surface area contributed by atoms with Crippen LogP contribution in [0, 0.1) is 12.1 Å². The topological polar surface area (TPSA) is 6.48 Å². The molecule has 10 aromatic rings. The first-order chi connectivity index (χ1) is 30.8. The fourth-order valence-electron chi connectivity index (χ4n) is 8.29. The van der Waals surface area contributed by atoms with Crippen LogP contribution >= 0.6 is 0 Å². The van der Waals surface area contributed by atoms with E-state index in [1.807, 2.05) is 6.07 Å². The fraction of sp³-hybridized carbons (Fsp3) is 0. The molecule has 0 spiro atoms. The minimum atomic E-state index is 0.934. The Morgan fingerprint density at radius 2 is 0.677 bits per heavy atom. The molecular weight excluding hydrogens is 749 g/mol. The summed E-state index contributed by atoms with van der Waals surface area (Å²) in [5.74, 6) is 0. The second kappa shape index (κ2) is 17.5. The highest BCUT2D eigenvalue weighted by Gasteiger charge is 2.20. The molecule has 0 aromatic heterocycles. The Morgan fingerprint density at radius 3 is 1.32 bits per heavy atom. The number of nitrogens with zero attached hydrogens (tertiary/aromatic N) is 2.